The van der Waals surface area contributed by atoms with Crippen molar-refractivity contribution in [3.05, 3.63) is 30.1 Å². The lowest BCUT2D eigenvalue weighted by atomic mass is 10.1. The predicted molar refractivity (Wildman–Crippen MR) is 67.5 cm³/mol. The highest BCUT2D eigenvalue weighted by molar-refractivity contribution is 5.76. The normalized spacial score (nSPS) is 18.9. The van der Waals surface area contributed by atoms with E-state index in [1.807, 2.05) is 23.1 Å². The summed E-state index contributed by atoms with van der Waals surface area (Å²) in [6, 6.07) is 6.09. The van der Waals surface area contributed by atoms with Gasteiger partial charge in [-0.3, -0.25) is 9.78 Å². The van der Waals surface area contributed by atoms with E-state index >= 15 is 0 Å². The molecule has 1 aliphatic rings. The van der Waals surface area contributed by atoms with Gasteiger partial charge in [-0.1, -0.05) is 19.4 Å². The monoisotopic (exact) mass is 232 g/mol. The molecule has 1 unspecified atom stereocenters. The first-order valence-electron chi connectivity index (χ1n) is 6.53. The van der Waals surface area contributed by atoms with Crippen LogP contribution in [0.5, 0.6) is 0 Å². The zero-order chi connectivity index (χ0) is 12.1. The molecular weight excluding hydrogens is 212 g/mol. The van der Waals surface area contributed by atoms with Crippen molar-refractivity contribution < 1.29 is 4.79 Å². The van der Waals surface area contributed by atoms with Gasteiger partial charge < -0.3 is 4.90 Å². The molecule has 1 aromatic rings. The molecule has 2 rings (SSSR count). The largest absolute Gasteiger partial charge is 0.334 e. The average Bonchev–Trinajstić information content (AvgIpc) is 2.58. The van der Waals surface area contributed by atoms with Crippen LogP contribution in [0.15, 0.2) is 24.4 Å². The van der Waals surface area contributed by atoms with Crippen molar-refractivity contribution in [3.63, 3.8) is 0 Å². The van der Waals surface area contributed by atoms with Gasteiger partial charge in [0.2, 0.25) is 5.91 Å². The highest BCUT2D eigenvalue weighted by Crippen LogP contribution is 2.26. The molecule has 0 aliphatic carbocycles. The number of rotatable bonds is 3. The molecule has 92 valence electrons. The second-order valence-electron chi connectivity index (χ2n) is 4.58. The summed E-state index contributed by atoms with van der Waals surface area (Å²) in [6.45, 7) is 3.01. The van der Waals surface area contributed by atoms with Crippen LogP contribution < -0.4 is 0 Å². The lowest BCUT2D eigenvalue weighted by Gasteiger charge is -2.29. The Hall–Kier alpha value is -1.38. The molecule has 1 aromatic heterocycles. The van der Waals surface area contributed by atoms with Gasteiger partial charge in [-0.25, -0.2) is 0 Å². The van der Waals surface area contributed by atoms with Crippen molar-refractivity contribution in [1.82, 2.24) is 9.88 Å². The smallest absolute Gasteiger partial charge is 0.223 e. The zero-order valence-corrected chi connectivity index (χ0v) is 10.4. The third-order valence-corrected chi connectivity index (χ3v) is 3.40. The van der Waals surface area contributed by atoms with Crippen molar-refractivity contribution in [2.45, 2.75) is 45.1 Å². The van der Waals surface area contributed by atoms with Crippen LogP contribution in [0, 0.1) is 0 Å². The average molecular weight is 232 g/mol. The standard InChI is InChI=1S/C14H20N2O/c1-2-13(12-8-5-6-10-15-12)16-11-7-3-4-9-14(16)17/h5-6,8,10,13H,2-4,7,9,11H2,1H3. The molecule has 2 heterocycles. The van der Waals surface area contributed by atoms with Crippen LogP contribution in [0.4, 0.5) is 0 Å². The van der Waals surface area contributed by atoms with Gasteiger partial charge in [0.15, 0.2) is 0 Å². The van der Waals surface area contributed by atoms with Crippen LogP contribution in [-0.4, -0.2) is 22.3 Å². The Morgan fingerprint density at radius 3 is 2.94 bits per heavy atom. The molecule has 1 atom stereocenters. The van der Waals surface area contributed by atoms with E-state index in [0.717, 1.165) is 31.5 Å². The molecule has 1 saturated heterocycles. The minimum atomic E-state index is 0.154. The number of hydrogen-bond donors (Lipinski definition) is 0. The maximum absolute atomic E-state index is 12.1. The van der Waals surface area contributed by atoms with Crippen LogP contribution in [0.25, 0.3) is 0 Å². The van der Waals surface area contributed by atoms with Crippen LogP contribution in [0.1, 0.15) is 50.8 Å². The fourth-order valence-corrected chi connectivity index (χ4v) is 2.50. The molecule has 1 fully saturated rings. The molecule has 0 radical (unpaired) electrons. The van der Waals surface area contributed by atoms with Crippen molar-refractivity contribution >= 4 is 5.91 Å². The first kappa shape index (κ1) is 12.1. The van der Waals surface area contributed by atoms with Gasteiger partial charge in [-0.2, -0.15) is 0 Å². The van der Waals surface area contributed by atoms with Crippen molar-refractivity contribution in [2.24, 2.45) is 0 Å². The number of amides is 1. The number of hydrogen-bond acceptors (Lipinski definition) is 2. The van der Waals surface area contributed by atoms with Crippen molar-refractivity contribution in [2.75, 3.05) is 6.54 Å². The van der Waals surface area contributed by atoms with Gasteiger partial charge in [-0.15, -0.1) is 0 Å². The lowest BCUT2D eigenvalue weighted by molar-refractivity contribution is -0.133. The second kappa shape index (κ2) is 5.80. The van der Waals surface area contributed by atoms with Gasteiger partial charge in [0, 0.05) is 19.2 Å². The molecule has 0 aromatic carbocycles. The summed E-state index contributed by atoms with van der Waals surface area (Å²) < 4.78 is 0. The Morgan fingerprint density at radius 1 is 1.35 bits per heavy atom. The third-order valence-electron chi connectivity index (χ3n) is 3.40. The van der Waals surface area contributed by atoms with Crippen LogP contribution in [-0.2, 0) is 4.79 Å². The molecule has 0 saturated carbocycles. The van der Waals surface area contributed by atoms with Gasteiger partial charge >= 0.3 is 0 Å². The maximum atomic E-state index is 12.1. The third kappa shape index (κ3) is 2.84. The van der Waals surface area contributed by atoms with E-state index in [1.165, 1.54) is 6.42 Å². The van der Waals surface area contributed by atoms with E-state index < -0.39 is 0 Å². The number of carbonyl (C=O) groups is 1. The van der Waals surface area contributed by atoms with E-state index in [0.29, 0.717) is 12.3 Å². The zero-order valence-electron chi connectivity index (χ0n) is 10.4. The Balaban J connectivity index is 2.19. The van der Waals surface area contributed by atoms with Crippen LogP contribution in [0.3, 0.4) is 0 Å². The molecule has 3 nitrogen and oxygen atoms in total. The number of aromatic nitrogens is 1. The maximum Gasteiger partial charge on any atom is 0.223 e. The fraction of sp³-hybridized carbons (Fsp3) is 0.571. The summed E-state index contributed by atoms with van der Waals surface area (Å²) in [7, 11) is 0. The number of carbonyl (C=O) groups excluding carboxylic acids is 1. The summed E-state index contributed by atoms with van der Waals surface area (Å²) in [5.41, 5.74) is 1.02. The van der Waals surface area contributed by atoms with Gasteiger partial charge in [0.1, 0.15) is 0 Å². The lowest BCUT2D eigenvalue weighted by Crippen LogP contribution is -2.34. The summed E-state index contributed by atoms with van der Waals surface area (Å²) in [5, 5.41) is 0. The highest BCUT2D eigenvalue weighted by atomic mass is 16.2. The molecule has 0 bridgehead atoms. The van der Waals surface area contributed by atoms with Gasteiger partial charge in [0.25, 0.3) is 0 Å². The number of pyridine rings is 1. The summed E-state index contributed by atoms with van der Waals surface area (Å²) >= 11 is 0. The molecule has 1 amide bonds. The van der Waals surface area contributed by atoms with Gasteiger partial charge in [0.05, 0.1) is 11.7 Å². The van der Waals surface area contributed by atoms with E-state index in [-0.39, 0.29) is 6.04 Å². The number of likely N-dealkylation sites (tertiary alicyclic amines) is 1. The summed E-state index contributed by atoms with van der Waals surface area (Å²) in [6.07, 6.45) is 6.76. The van der Waals surface area contributed by atoms with Crippen molar-refractivity contribution in [1.29, 1.82) is 0 Å². The van der Waals surface area contributed by atoms with E-state index in [9.17, 15) is 4.79 Å². The summed E-state index contributed by atoms with van der Waals surface area (Å²) in [5.74, 6) is 0.292. The molecular formula is C14H20N2O. The van der Waals surface area contributed by atoms with Crippen LogP contribution in [0.2, 0.25) is 0 Å². The molecule has 0 N–H and O–H groups in total. The highest BCUT2D eigenvalue weighted by Gasteiger charge is 2.25. The Kier molecular flexibility index (Phi) is 4.13. The van der Waals surface area contributed by atoms with E-state index in [2.05, 4.69) is 11.9 Å². The minimum Gasteiger partial charge on any atom is -0.334 e. The number of nitrogens with zero attached hydrogens (tertiary/aromatic N) is 2. The molecule has 17 heavy (non-hydrogen) atoms. The van der Waals surface area contributed by atoms with E-state index in [4.69, 9.17) is 0 Å². The van der Waals surface area contributed by atoms with Gasteiger partial charge in [-0.05, 0) is 31.4 Å². The topological polar surface area (TPSA) is 33.2 Å². The SMILES string of the molecule is CCC(c1ccccn1)N1CCCCCC1=O. The van der Waals surface area contributed by atoms with E-state index in [1.54, 1.807) is 6.20 Å². The first-order chi connectivity index (χ1) is 8.33. The van der Waals surface area contributed by atoms with Crippen LogP contribution >= 0.6 is 0 Å². The molecule has 0 spiro atoms. The Bertz CT molecular complexity index is 364. The predicted octanol–water partition coefficient (Wildman–Crippen LogP) is 2.94. The molecule has 3 heteroatoms. The Morgan fingerprint density at radius 2 is 2.24 bits per heavy atom. The quantitative estimate of drug-likeness (QED) is 0.802. The minimum absolute atomic E-state index is 0.154. The molecule has 1 aliphatic heterocycles. The second-order valence-corrected chi connectivity index (χ2v) is 4.58. The first-order valence-corrected chi connectivity index (χ1v) is 6.53. The van der Waals surface area contributed by atoms with Crippen molar-refractivity contribution in [3.8, 4) is 0 Å². The summed E-state index contributed by atoms with van der Waals surface area (Å²) in [4.78, 5) is 18.5. The fourth-order valence-electron chi connectivity index (χ4n) is 2.50. The Labute approximate surface area is 103 Å².